The zero-order valence-corrected chi connectivity index (χ0v) is 12.9. The largest absolute Gasteiger partial charge is 0.493 e. The first-order valence-electron chi connectivity index (χ1n) is 5.34. The van der Waals surface area contributed by atoms with E-state index in [1.54, 1.807) is 18.2 Å². The van der Waals surface area contributed by atoms with Crippen LogP contribution in [0.5, 0.6) is 5.88 Å². The number of benzene rings is 1. The first kappa shape index (κ1) is 13.4. The van der Waals surface area contributed by atoms with Gasteiger partial charge in [-0.25, -0.2) is 3.97 Å². The zero-order chi connectivity index (χ0) is 14.5. The number of aromatic amines is 1. The maximum Gasteiger partial charge on any atom is 0.303 e. The van der Waals surface area contributed by atoms with Crippen molar-refractivity contribution < 1.29 is 17.9 Å². The van der Waals surface area contributed by atoms with Crippen molar-refractivity contribution in [1.29, 1.82) is 0 Å². The molecular weight excluding hydrogens is 368 g/mol. The van der Waals surface area contributed by atoms with Crippen LogP contribution >= 0.6 is 28.1 Å². The predicted octanol–water partition coefficient (Wildman–Crippen LogP) is 3.00. The molecule has 0 saturated carbocycles. The molecule has 0 saturated heterocycles. The molecule has 1 aromatic carbocycles. The molecule has 3 aromatic rings. The average Bonchev–Trinajstić information content (AvgIpc) is 2.94. The Hall–Kier alpha value is -1.58. The second-order valence-electron chi connectivity index (χ2n) is 3.96. The second kappa shape index (κ2) is 4.47. The third-order valence-electron chi connectivity index (χ3n) is 2.67. The Morgan fingerprint density at radius 1 is 1.40 bits per heavy atom. The van der Waals surface area contributed by atoms with Crippen molar-refractivity contribution >= 4 is 49.1 Å². The summed E-state index contributed by atoms with van der Waals surface area (Å²) in [6.07, 6.45) is 0.986. The standard InChI is InChI=1S/C11H7BrN2O4S2/c12-7-2-1-3-8-6(7)4-10(18-8)20(16,17)14-5-9(15)13-11(14)19/h1-5,15H,(H,13,19). The third-order valence-corrected chi connectivity index (χ3v) is 5.29. The summed E-state index contributed by atoms with van der Waals surface area (Å²) in [7, 11) is -3.99. The van der Waals surface area contributed by atoms with Gasteiger partial charge in [-0.05, 0) is 24.4 Å². The third kappa shape index (κ3) is 1.98. The Labute approximate surface area is 126 Å². The lowest BCUT2D eigenvalue weighted by molar-refractivity contribution is 0.455. The molecule has 0 radical (unpaired) electrons. The van der Waals surface area contributed by atoms with Gasteiger partial charge in [-0.15, -0.1) is 0 Å². The maximum atomic E-state index is 12.4. The fraction of sp³-hybridized carbons (Fsp3) is 0. The molecule has 9 heteroatoms. The van der Waals surface area contributed by atoms with Gasteiger partial charge in [0.25, 0.3) is 0 Å². The molecule has 3 rings (SSSR count). The van der Waals surface area contributed by atoms with Gasteiger partial charge in [0.05, 0.1) is 6.20 Å². The van der Waals surface area contributed by atoms with Crippen LogP contribution < -0.4 is 0 Å². The van der Waals surface area contributed by atoms with Crippen molar-refractivity contribution in [3.8, 4) is 5.88 Å². The Morgan fingerprint density at radius 3 is 2.75 bits per heavy atom. The molecule has 104 valence electrons. The summed E-state index contributed by atoms with van der Waals surface area (Å²) in [5, 5.41) is 9.66. The minimum atomic E-state index is -3.99. The summed E-state index contributed by atoms with van der Waals surface area (Å²) < 4.78 is 31.5. The summed E-state index contributed by atoms with van der Waals surface area (Å²) in [6.45, 7) is 0. The normalized spacial score (nSPS) is 12.1. The number of rotatable bonds is 2. The number of aromatic nitrogens is 2. The fourth-order valence-corrected chi connectivity index (χ4v) is 3.84. The van der Waals surface area contributed by atoms with E-state index in [2.05, 4.69) is 20.9 Å². The lowest BCUT2D eigenvalue weighted by Gasteiger charge is -1.99. The van der Waals surface area contributed by atoms with Crippen LogP contribution in [0.2, 0.25) is 0 Å². The summed E-state index contributed by atoms with van der Waals surface area (Å²) >= 11 is 8.17. The molecule has 0 unspecified atom stereocenters. The molecule has 2 N–H and O–H groups in total. The van der Waals surface area contributed by atoms with E-state index in [4.69, 9.17) is 16.6 Å². The van der Waals surface area contributed by atoms with Crippen molar-refractivity contribution in [2.45, 2.75) is 5.09 Å². The van der Waals surface area contributed by atoms with Crippen molar-refractivity contribution in [3.05, 3.63) is 39.7 Å². The van der Waals surface area contributed by atoms with Crippen molar-refractivity contribution in [1.82, 2.24) is 8.96 Å². The Morgan fingerprint density at radius 2 is 2.15 bits per heavy atom. The highest BCUT2D eigenvalue weighted by Crippen LogP contribution is 2.30. The van der Waals surface area contributed by atoms with Crippen molar-refractivity contribution in [2.24, 2.45) is 0 Å². The zero-order valence-electron chi connectivity index (χ0n) is 9.70. The van der Waals surface area contributed by atoms with E-state index >= 15 is 0 Å². The van der Waals surface area contributed by atoms with Gasteiger partial charge >= 0.3 is 10.0 Å². The van der Waals surface area contributed by atoms with Gasteiger partial charge in [-0.1, -0.05) is 22.0 Å². The minimum Gasteiger partial charge on any atom is -0.493 e. The Bertz CT molecular complexity index is 968. The van der Waals surface area contributed by atoms with E-state index in [1.165, 1.54) is 6.07 Å². The van der Waals surface area contributed by atoms with E-state index in [0.29, 0.717) is 11.0 Å². The van der Waals surface area contributed by atoms with Crippen LogP contribution in [-0.2, 0) is 10.0 Å². The Kier molecular flexibility index (Phi) is 3.00. The lowest BCUT2D eigenvalue weighted by atomic mass is 10.3. The molecule has 0 atom stereocenters. The molecule has 0 aliphatic rings. The molecule has 6 nitrogen and oxygen atoms in total. The summed E-state index contributed by atoms with van der Waals surface area (Å²) in [5.74, 6) is -0.337. The van der Waals surface area contributed by atoms with E-state index < -0.39 is 10.0 Å². The molecule has 20 heavy (non-hydrogen) atoms. The number of hydrogen-bond donors (Lipinski definition) is 2. The molecule has 0 fully saturated rings. The van der Waals surface area contributed by atoms with Gasteiger partial charge < -0.3 is 14.5 Å². The number of furan rings is 1. The van der Waals surface area contributed by atoms with Gasteiger partial charge in [0.2, 0.25) is 11.0 Å². The Balaban J connectivity index is 2.27. The topological polar surface area (TPSA) is 88.2 Å². The van der Waals surface area contributed by atoms with Crippen LogP contribution in [0.3, 0.4) is 0 Å². The molecule has 0 aliphatic heterocycles. The van der Waals surface area contributed by atoms with Gasteiger partial charge in [0.1, 0.15) is 5.58 Å². The molecule has 0 amide bonds. The van der Waals surface area contributed by atoms with Gasteiger partial charge in [-0.2, -0.15) is 8.42 Å². The smallest absolute Gasteiger partial charge is 0.303 e. The van der Waals surface area contributed by atoms with E-state index in [0.717, 1.165) is 14.6 Å². The fourth-order valence-electron chi connectivity index (χ4n) is 1.77. The summed E-state index contributed by atoms with van der Waals surface area (Å²) in [4.78, 5) is 2.33. The van der Waals surface area contributed by atoms with E-state index in [9.17, 15) is 13.5 Å². The summed E-state index contributed by atoms with van der Waals surface area (Å²) in [6, 6.07) is 6.58. The van der Waals surface area contributed by atoms with Crippen molar-refractivity contribution in [3.63, 3.8) is 0 Å². The highest BCUT2D eigenvalue weighted by molar-refractivity contribution is 9.10. The van der Waals surface area contributed by atoms with Gasteiger partial charge in [0, 0.05) is 15.9 Å². The number of nitrogens with one attached hydrogen (secondary N) is 1. The number of H-pyrrole nitrogens is 1. The molecule has 0 bridgehead atoms. The average molecular weight is 375 g/mol. The molecule has 2 aromatic heterocycles. The maximum absolute atomic E-state index is 12.4. The predicted molar refractivity (Wildman–Crippen MR) is 77.8 cm³/mol. The highest BCUT2D eigenvalue weighted by atomic mass is 79.9. The molecule has 0 spiro atoms. The SMILES string of the molecule is O=S(=O)(c1cc2c(Br)cccc2o1)n1cc(O)[nH]c1=S. The molecule has 2 heterocycles. The van der Waals surface area contributed by atoms with E-state index in [-0.39, 0.29) is 15.7 Å². The van der Waals surface area contributed by atoms with Crippen LogP contribution in [0.4, 0.5) is 0 Å². The number of halogens is 1. The van der Waals surface area contributed by atoms with Crippen LogP contribution in [0, 0.1) is 4.77 Å². The van der Waals surface area contributed by atoms with Crippen LogP contribution in [0.1, 0.15) is 0 Å². The van der Waals surface area contributed by atoms with Gasteiger partial charge in [-0.3, -0.25) is 0 Å². The van der Waals surface area contributed by atoms with Gasteiger partial charge in [0.15, 0.2) is 4.77 Å². The van der Waals surface area contributed by atoms with Crippen LogP contribution in [-0.4, -0.2) is 22.5 Å². The number of imidazole rings is 1. The minimum absolute atomic E-state index is 0.137. The van der Waals surface area contributed by atoms with Crippen LogP contribution in [0.25, 0.3) is 11.0 Å². The van der Waals surface area contributed by atoms with Crippen LogP contribution in [0.15, 0.2) is 44.4 Å². The molecule has 0 aliphatic carbocycles. The quantitative estimate of drug-likeness (QED) is 0.673. The second-order valence-corrected chi connectivity index (χ2v) is 6.95. The summed E-state index contributed by atoms with van der Waals surface area (Å²) in [5.41, 5.74) is 0.434. The van der Waals surface area contributed by atoms with Crippen molar-refractivity contribution in [2.75, 3.05) is 0 Å². The lowest BCUT2D eigenvalue weighted by Crippen LogP contribution is -2.11. The van der Waals surface area contributed by atoms with E-state index in [1.807, 2.05) is 0 Å². The number of nitrogens with zero attached hydrogens (tertiary/aromatic N) is 1. The monoisotopic (exact) mass is 374 g/mol. The number of aromatic hydroxyl groups is 1. The highest BCUT2D eigenvalue weighted by Gasteiger charge is 2.24. The first-order chi connectivity index (χ1) is 9.39. The number of fused-ring (bicyclic) bond motifs is 1. The number of hydrogen-bond acceptors (Lipinski definition) is 5. The first-order valence-corrected chi connectivity index (χ1v) is 7.98. The molecular formula is C11H7BrN2O4S2.